The van der Waals surface area contributed by atoms with Crippen LogP contribution in [0.15, 0.2) is 24.3 Å². The molecule has 110 valence electrons. The number of para-hydroxylation sites is 1. The maximum absolute atomic E-state index is 12.0. The third-order valence-electron chi connectivity index (χ3n) is 3.24. The molecule has 0 aliphatic carbocycles. The Labute approximate surface area is 119 Å². The van der Waals surface area contributed by atoms with Crippen LogP contribution >= 0.6 is 0 Å². The minimum atomic E-state index is -0.323. The molecule has 1 rings (SSSR count). The van der Waals surface area contributed by atoms with Gasteiger partial charge in [-0.15, -0.1) is 0 Å². The van der Waals surface area contributed by atoms with Gasteiger partial charge in [0.05, 0.1) is 13.0 Å². The molecule has 0 aliphatic rings. The highest BCUT2D eigenvalue weighted by Crippen LogP contribution is 2.13. The second kappa shape index (κ2) is 7.53. The number of hydrogen-bond donors (Lipinski definition) is 1. The SMILES string of the molecule is COC(=O)C(C)CN(C)C(=O)CCc1ccccc1N. The molecule has 2 N–H and O–H groups in total. The third kappa shape index (κ3) is 4.57. The first-order chi connectivity index (χ1) is 9.45. The maximum Gasteiger partial charge on any atom is 0.310 e. The molecule has 1 aromatic carbocycles. The van der Waals surface area contributed by atoms with E-state index < -0.39 is 0 Å². The zero-order chi connectivity index (χ0) is 15.1. The average Bonchev–Trinajstić information content (AvgIpc) is 2.44. The van der Waals surface area contributed by atoms with Crippen LogP contribution in [0.25, 0.3) is 0 Å². The van der Waals surface area contributed by atoms with Gasteiger partial charge in [0.2, 0.25) is 5.91 Å². The van der Waals surface area contributed by atoms with Gasteiger partial charge in [0.15, 0.2) is 0 Å². The minimum Gasteiger partial charge on any atom is -0.469 e. The number of benzene rings is 1. The Bertz CT molecular complexity index is 474. The normalized spacial score (nSPS) is 11.8. The fourth-order valence-electron chi connectivity index (χ4n) is 1.98. The van der Waals surface area contributed by atoms with Crippen LogP contribution in [0.3, 0.4) is 0 Å². The Hall–Kier alpha value is -2.04. The Kier molecular flexibility index (Phi) is 6.03. The highest BCUT2D eigenvalue weighted by atomic mass is 16.5. The highest BCUT2D eigenvalue weighted by Gasteiger charge is 2.18. The van der Waals surface area contributed by atoms with Gasteiger partial charge in [-0.3, -0.25) is 9.59 Å². The molecule has 1 aromatic rings. The number of nitrogen functional groups attached to an aromatic ring is 1. The molecule has 0 heterocycles. The Morgan fingerprint density at radius 2 is 2.00 bits per heavy atom. The molecule has 5 heteroatoms. The summed E-state index contributed by atoms with van der Waals surface area (Å²) in [4.78, 5) is 24.9. The number of carbonyl (C=O) groups excluding carboxylic acids is 2. The molecule has 1 unspecified atom stereocenters. The van der Waals surface area contributed by atoms with E-state index in [0.29, 0.717) is 25.1 Å². The number of rotatable bonds is 6. The van der Waals surface area contributed by atoms with Gasteiger partial charge in [-0.05, 0) is 18.1 Å². The van der Waals surface area contributed by atoms with Crippen molar-refractivity contribution >= 4 is 17.6 Å². The van der Waals surface area contributed by atoms with Crippen LogP contribution < -0.4 is 5.73 Å². The second-order valence-electron chi connectivity index (χ2n) is 4.90. The van der Waals surface area contributed by atoms with Crippen LogP contribution in [0.5, 0.6) is 0 Å². The van der Waals surface area contributed by atoms with E-state index in [1.54, 1.807) is 18.9 Å². The third-order valence-corrected chi connectivity index (χ3v) is 3.24. The van der Waals surface area contributed by atoms with Gasteiger partial charge in [-0.1, -0.05) is 25.1 Å². The quantitative estimate of drug-likeness (QED) is 0.631. The number of ether oxygens (including phenoxy) is 1. The van der Waals surface area contributed by atoms with Crippen molar-refractivity contribution in [3.8, 4) is 0 Å². The van der Waals surface area contributed by atoms with E-state index in [-0.39, 0.29) is 17.8 Å². The summed E-state index contributed by atoms with van der Waals surface area (Å²) < 4.78 is 4.64. The number of esters is 1. The van der Waals surface area contributed by atoms with E-state index in [4.69, 9.17) is 5.73 Å². The fourth-order valence-corrected chi connectivity index (χ4v) is 1.98. The molecule has 0 aliphatic heterocycles. The van der Waals surface area contributed by atoms with Crippen molar-refractivity contribution < 1.29 is 14.3 Å². The number of nitrogens with zero attached hydrogens (tertiary/aromatic N) is 1. The van der Waals surface area contributed by atoms with Crippen molar-refractivity contribution in [2.45, 2.75) is 19.8 Å². The highest BCUT2D eigenvalue weighted by molar-refractivity contribution is 5.78. The summed E-state index contributed by atoms with van der Waals surface area (Å²) in [6.07, 6.45) is 0.973. The molecule has 0 spiro atoms. The second-order valence-corrected chi connectivity index (χ2v) is 4.90. The number of anilines is 1. The van der Waals surface area contributed by atoms with Crippen molar-refractivity contribution in [1.29, 1.82) is 0 Å². The summed E-state index contributed by atoms with van der Waals surface area (Å²) in [5.74, 6) is -0.642. The molecular formula is C15H22N2O3. The maximum atomic E-state index is 12.0. The molecule has 0 fully saturated rings. The predicted octanol–water partition coefficient (Wildman–Crippen LogP) is 1.47. The largest absolute Gasteiger partial charge is 0.469 e. The van der Waals surface area contributed by atoms with Gasteiger partial charge >= 0.3 is 5.97 Å². The summed E-state index contributed by atoms with van der Waals surface area (Å²) in [5.41, 5.74) is 7.50. The zero-order valence-electron chi connectivity index (χ0n) is 12.3. The summed E-state index contributed by atoms with van der Waals surface area (Å²) in [5, 5.41) is 0. The van der Waals surface area contributed by atoms with E-state index in [1.807, 2.05) is 24.3 Å². The van der Waals surface area contributed by atoms with Crippen molar-refractivity contribution in [3.05, 3.63) is 29.8 Å². The topological polar surface area (TPSA) is 72.6 Å². The smallest absolute Gasteiger partial charge is 0.310 e. The summed E-state index contributed by atoms with van der Waals surface area (Å²) in [6.45, 7) is 2.10. The first-order valence-corrected chi connectivity index (χ1v) is 6.61. The summed E-state index contributed by atoms with van der Waals surface area (Å²) in [6, 6.07) is 7.51. The van der Waals surface area contributed by atoms with Crippen LogP contribution in [-0.4, -0.2) is 37.5 Å². The van der Waals surface area contributed by atoms with Gasteiger partial charge in [0.25, 0.3) is 0 Å². The van der Waals surface area contributed by atoms with Crippen molar-refractivity contribution in [3.63, 3.8) is 0 Å². The standard InChI is InChI=1S/C15H22N2O3/c1-11(15(19)20-3)10-17(2)14(18)9-8-12-6-4-5-7-13(12)16/h4-7,11H,8-10,16H2,1-3H3. The molecule has 1 amide bonds. The molecule has 0 saturated heterocycles. The van der Waals surface area contributed by atoms with Crippen LogP contribution in [-0.2, 0) is 20.7 Å². The predicted molar refractivity (Wildman–Crippen MR) is 78.0 cm³/mol. The molecule has 0 aromatic heterocycles. The Morgan fingerprint density at radius 1 is 1.35 bits per heavy atom. The Balaban J connectivity index is 2.46. The summed E-state index contributed by atoms with van der Waals surface area (Å²) >= 11 is 0. The van der Waals surface area contributed by atoms with Gasteiger partial charge in [-0.25, -0.2) is 0 Å². The monoisotopic (exact) mass is 278 g/mol. The van der Waals surface area contributed by atoms with E-state index >= 15 is 0 Å². The number of nitrogens with two attached hydrogens (primary N) is 1. The first kappa shape index (κ1) is 16.0. The van der Waals surface area contributed by atoms with Gasteiger partial charge in [0.1, 0.15) is 0 Å². The van der Waals surface area contributed by atoms with Crippen LogP contribution in [0.4, 0.5) is 5.69 Å². The lowest BCUT2D eigenvalue weighted by molar-refractivity contribution is -0.146. The molecule has 0 bridgehead atoms. The average molecular weight is 278 g/mol. The van der Waals surface area contributed by atoms with E-state index in [1.165, 1.54) is 7.11 Å². The molecular weight excluding hydrogens is 256 g/mol. The van der Waals surface area contributed by atoms with Crippen molar-refractivity contribution in [2.24, 2.45) is 5.92 Å². The first-order valence-electron chi connectivity index (χ1n) is 6.61. The number of methoxy groups -OCH3 is 1. The van der Waals surface area contributed by atoms with Crippen molar-refractivity contribution in [1.82, 2.24) is 4.90 Å². The molecule has 1 atom stereocenters. The van der Waals surface area contributed by atoms with Crippen LogP contribution in [0.1, 0.15) is 18.9 Å². The van der Waals surface area contributed by atoms with Gasteiger partial charge < -0.3 is 15.4 Å². The zero-order valence-corrected chi connectivity index (χ0v) is 12.3. The van der Waals surface area contributed by atoms with Crippen LogP contribution in [0.2, 0.25) is 0 Å². The number of hydrogen-bond acceptors (Lipinski definition) is 4. The Morgan fingerprint density at radius 3 is 2.60 bits per heavy atom. The number of amides is 1. The van der Waals surface area contributed by atoms with Gasteiger partial charge in [0, 0.05) is 25.7 Å². The number of carbonyl (C=O) groups is 2. The fraction of sp³-hybridized carbons (Fsp3) is 0.467. The van der Waals surface area contributed by atoms with Gasteiger partial charge in [-0.2, -0.15) is 0 Å². The molecule has 5 nitrogen and oxygen atoms in total. The van der Waals surface area contributed by atoms with E-state index in [0.717, 1.165) is 5.56 Å². The lowest BCUT2D eigenvalue weighted by atomic mass is 10.1. The lowest BCUT2D eigenvalue weighted by Crippen LogP contribution is -2.34. The molecule has 0 saturated carbocycles. The van der Waals surface area contributed by atoms with E-state index in [9.17, 15) is 9.59 Å². The van der Waals surface area contributed by atoms with Crippen molar-refractivity contribution in [2.75, 3.05) is 26.4 Å². The number of aryl methyl sites for hydroxylation is 1. The molecule has 0 radical (unpaired) electrons. The summed E-state index contributed by atoms with van der Waals surface area (Å²) in [7, 11) is 3.04. The minimum absolute atomic E-state index is 0.0102. The molecule has 20 heavy (non-hydrogen) atoms. The lowest BCUT2D eigenvalue weighted by Gasteiger charge is -2.20. The van der Waals surface area contributed by atoms with Crippen LogP contribution in [0, 0.1) is 5.92 Å². The van der Waals surface area contributed by atoms with E-state index in [2.05, 4.69) is 4.74 Å².